The van der Waals surface area contributed by atoms with Gasteiger partial charge in [0.05, 0.1) is 16.3 Å². The van der Waals surface area contributed by atoms with Gasteiger partial charge >= 0.3 is 6.03 Å². The Morgan fingerprint density at radius 3 is 2.68 bits per heavy atom. The zero-order valence-corrected chi connectivity index (χ0v) is 19.9. The van der Waals surface area contributed by atoms with E-state index < -0.39 is 0 Å². The molecule has 8 heteroatoms. The summed E-state index contributed by atoms with van der Waals surface area (Å²) in [4.78, 5) is 26.1. The van der Waals surface area contributed by atoms with Crippen LogP contribution in [0.2, 0.25) is 0 Å². The fourth-order valence-corrected chi connectivity index (χ4v) is 4.80. The minimum atomic E-state index is -0.255. The van der Waals surface area contributed by atoms with Gasteiger partial charge < -0.3 is 15.7 Å². The second-order valence-corrected chi connectivity index (χ2v) is 9.82. The van der Waals surface area contributed by atoms with Crippen LogP contribution in [0, 0.1) is 0 Å². The Hall–Kier alpha value is -3.65. The summed E-state index contributed by atoms with van der Waals surface area (Å²) < 4.78 is 2.47. The molecule has 0 bridgehead atoms. The first kappa shape index (κ1) is 22.2. The lowest BCUT2D eigenvalue weighted by Crippen LogP contribution is -2.36. The van der Waals surface area contributed by atoms with Crippen molar-refractivity contribution in [3.8, 4) is 17.0 Å². The molecular formula is C26H26N4O3S. The molecule has 2 aromatic heterocycles. The third-order valence-corrected chi connectivity index (χ3v) is 7.20. The number of amides is 2. The third-order valence-electron chi connectivity index (χ3n) is 6.09. The summed E-state index contributed by atoms with van der Waals surface area (Å²) in [6.07, 6.45) is 2.88. The number of anilines is 1. The number of phenolic OH excluding ortho intramolecular Hbond substituents is 1. The van der Waals surface area contributed by atoms with E-state index in [1.54, 1.807) is 12.1 Å². The molecule has 4 aromatic rings. The van der Waals surface area contributed by atoms with E-state index in [2.05, 4.69) is 15.7 Å². The van der Waals surface area contributed by atoms with Crippen LogP contribution < -0.4 is 10.6 Å². The van der Waals surface area contributed by atoms with Gasteiger partial charge in [0.25, 0.3) is 5.91 Å². The van der Waals surface area contributed by atoms with E-state index in [4.69, 9.17) is 0 Å². The summed E-state index contributed by atoms with van der Waals surface area (Å²) in [5.74, 6) is 0.0739. The van der Waals surface area contributed by atoms with Gasteiger partial charge in [0.15, 0.2) is 0 Å². The predicted molar refractivity (Wildman–Crippen MR) is 135 cm³/mol. The van der Waals surface area contributed by atoms with Gasteiger partial charge in [-0.2, -0.15) is 9.78 Å². The van der Waals surface area contributed by atoms with Crippen molar-refractivity contribution >= 4 is 39.0 Å². The van der Waals surface area contributed by atoms with Crippen LogP contribution in [0.3, 0.4) is 0 Å². The van der Waals surface area contributed by atoms with E-state index in [1.807, 2.05) is 50.2 Å². The molecule has 3 N–H and O–H groups in total. The van der Waals surface area contributed by atoms with E-state index in [0.29, 0.717) is 27.7 Å². The van der Waals surface area contributed by atoms with Gasteiger partial charge in [0.1, 0.15) is 5.75 Å². The number of aromatic hydroxyl groups is 1. The molecule has 2 amide bonds. The molecule has 34 heavy (non-hydrogen) atoms. The van der Waals surface area contributed by atoms with Crippen molar-refractivity contribution in [1.29, 1.82) is 0 Å². The number of phenols is 1. The average molecular weight is 475 g/mol. The summed E-state index contributed by atoms with van der Waals surface area (Å²) in [7, 11) is 0. The lowest BCUT2D eigenvalue weighted by Gasteiger charge is -2.12. The van der Waals surface area contributed by atoms with Crippen LogP contribution in [-0.4, -0.2) is 32.9 Å². The van der Waals surface area contributed by atoms with E-state index in [1.165, 1.54) is 22.1 Å². The van der Waals surface area contributed by atoms with Crippen molar-refractivity contribution < 1.29 is 14.7 Å². The van der Waals surface area contributed by atoms with E-state index in [9.17, 15) is 14.7 Å². The minimum Gasteiger partial charge on any atom is -0.507 e. The van der Waals surface area contributed by atoms with Crippen molar-refractivity contribution in [3.63, 3.8) is 0 Å². The van der Waals surface area contributed by atoms with Crippen LogP contribution >= 0.6 is 11.3 Å². The number of carbonyl (C=O) groups is 2. The molecule has 7 nitrogen and oxygen atoms in total. The zero-order valence-electron chi connectivity index (χ0n) is 19.0. The Morgan fingerprint density at radius 2 is 1.97 bits per heavy atom. The zero-order chi connectivity index (χ0) is 23.8. The number of benzene rings is 2. The summed E-state index contributed by atoms with van der Waals surface area (Å²) in [5.41, 5.74) is 2.38. The summed E-state index contributed by atoms with van der Waals surface area (Å²) in [6, 6.07) is 16.3. The van der Waals surface area contributed by atoms with E-state index in [-0.39, 0.29) is 23.7 Å². The predicted octanol–water partition coefficient (Wildman–Crippen LogP) is 5.96. The van der Waals surface area contributed by atoms with Gasteiger partial charge in [-0.3, -0.25) is 4.79 Å². The van der Waals surface area contributed by atoms with Crippen molar-refractivity contribution in [2.24, 2.45) is 0 Å². The molecule has 0 aliphatic heterocycles. The second-order valence-electron chi connectivity index (χ2n) is 8.73. The van der Waals surface area contributed by atoms with Gasteiger partial charge in [-0.25, -0.2) is 4.79 Å². The smallest absolute Gasteiger partial charge is 0.342 e. The maximum Gasteiger partial charge on any atom is 0.342 e. The molecule has 5 rings (SSSR count). The molecule has 2 heterocycles. The molecule has 1 fully saturated rings. The largest absolute Gasteiger partial charge is 0.507 e. The molecule has 0 radical (unpaired) electrons. The number of rotatable bonds is 6. The first-order valence-electron chi connectivity index (χ1n) is 11.5. The lowest BCUT2D eigenvalue weighted by atomic mass is 10.1. The number of hydrogen-bond donors (Lipinski definition) is 3. The average Bonchev–Trinajstić information content (AvgIpc) is 3.41. The van der Waals surface area contributed by atoms with Gasteiger partial charge in [-0.05, 0) is 61.9 Å². The first-order valence-corrected chi connectivity index (χ1v) is 12.3. The number of hydrogen-bond acceptors (Lipinski definition) is 5. The maximum absolute atomic E-state index is 12.8. The SMILES string of the molecule is CCC(C)NC(=O)n1nc(-c2ccc(NC(=O)c3cc4ccccc4s3)cc2O)cc1C1CC1. The van der Waals surface area contributed by atoms with Crippen molar-refractivity contribution in [2.45, 2.75) is 45.1 Å². The molecule has 0 saturated heterocycles. The van der Waals surface area contributed by atoms with Crippen LogP contribution in [0.1, 0.15) is 54.4 Å². The fourth-order valence-electron chi connectivity index (χ4n) is 3.85. The third kappa shape index (κ3) is 4.41. The van der Waals surface area contributed by atoms with E-state index >= 15 is 0 Å². The molecule has 1 aliphatic carbocycles. The number of fused-ring (bicyclic) bond motifs is 1. The summed E-state index contributed by atoms with van der Waals surface area (Å²) in [5, 5.41) is 22.1. The highest BCUT2D eigenvalue weighted by molar-refractivity contribution is 7.20. The van der Waals surface area contributed by atoms with Crippen LogP contribution in [0.4, 0.5) is 10.5 Å². The van der Waals surface area contributed by atoms with Crippen molar-refractivity contribution in [3.05, 3.63) is 65.2 Å². The van der Waals surface area contributed by atoms with Gasteiger partial charge in [0, 0.05) is 34.0 Å². The van der Waals surface area contributed by atoms with Gasteiger partial charge in [-0.15, -0.1) is 11.3 Å². The number of thiophene rings is 1. The highest BCUT2D eigenvalue weighted by Gasteiger charge is 2.31. The topological polar surface area (TPSA) is 96.3 Å². The van der Waals surface area contributed by atoms with E-state index in [0.717, 1.165) is 35.0 Å². The monoisotopic (exact) mass is 474 g/mol. The second kappa shape index (κ2) is 8.95. The maximum atomic E-state index is 12.8. The molecule has 1 saturated carbocycles. The molecule has 174 valence electrons. The number of nitrogens with one attached hydrogen (secondary N) is 2. The summed E-state index contributed by atoms with van der Waals surface area (Å²) in [6.45, 7) is 3.97. The lowest BCUT2D eigenvalue weighted by molar-refractivity contribution is 0.103. The highest BCUT2D eigenvalue weighted by atomic mass is 32.1. The minimum absolute atomic E-state index is 0.0107. The Balaban J connectivity index is 1.37. The number of aromatic nitrogens is 2. The molecule has 2 aromatic carbocycles. The Kier molecular flexibility index (Phi) is 5.83. The van der Waals surface area contributed by atoms with Crippen molar-refractivity contribution in [1.82, 2.24) is 15.1 Å². The first-order chi connectivity index (χ1) is 16.4. The Morgan fingerprint density at radius 1 is 1.18 bits per heavy atom. The van der Waals surface area contributed by atoms with Crippen LogP contribution in [-0.2, 0) is 0 Å². The quantitative estimate of drug-likeness (QED) is 0.321. The van der Waals surface area contributed by atoms with Gasteiger partial charge in [-0.1, -0.05) is 25.1 Å². The number of nitrogens with zero attached hydrogens (tertiary/aromatic N) is 2. The number of carbonyl (C=O) groups excluding carboxylic acids is 2. The summed E-state index contributed by atoms with van der Waals surface area (Å²) >= 11 is 1.42. The molecule has 1 unspecified atom stereocenters. The molecule has 1 aliphatic rings. The fraction of sp³-hybridized carbons (Fsp3) is 0.269. The van der Waals surface area contributed by atoms with Crippen LogP contribution in [0.25, 0.3) is 21.3 Å². The normalized spacial score (nSPS) is 14.2. The Bertz CT molecular complexity index is 1350. The van der Waals surface area contributed by atoms with Crippen molar-refractivity contribution in [2.75, 3.05) is 5.32 Å². The van der Waals surface area contributed by atoms with Crippen LogP contribution in [0.15, 0.2) is 54.6 Å². The van der Waals surface area contributed by atoms with Gasteiger partial charge in [0.2, 0.25) is 0 Å². The highest BCUT2D eigenvalue weighted by Crippen LogP contribution is 2.42. The van der Waals surface area contributed by atoms with Crippen LogP contribution in [0.5, 0.6) is 5.75 Å². The standard InChI is InChI=1S/C26H26N4O3S/c1-3-15(2)27-26(33)30-21(16-8-9-16)14-20(29-30)19-11-10-18(13-22(19)31)28-25(32)24-12-17-6-4-5-7-23(17)34-24/h4-7,10-16,31H,3,8-9H2,1-2H3,(H,27,33)(H,28,32). The molecule has 0 spiro atoms. The Labute approximate surface area is 201 Å². The molecular weight excluding hydrogens is 448 g/mol. The molecule has 1 atom stereocenters.